The zero-order chi connectivity index (χ0) is 19.5. The molecule has 0 radical (unpaired) electrons. The lowest BCUT2D eigenvalue weighted by molar-refractivity contribution is 0.738. The van der Waals surface area contributed by atoms with E-state index in [0.29, 0.717) is 23.3 Å². The first-order chi connectivity index (χ1) is 13.6. The molecule has 0 aliphatic rings. The van der Waals surface area contributed by atoms with Gasteiger partial charge in [0.05, 0.1) is 17.4 Å². The van der Waals surface area contributed by atoms with Crippen LogP contribution < -0.4 is 5.56 Å². The number of halogens is 2. The molecule has 4 rings (SSSR count). The molecule has 0 atom stereocenters. The average Bonchev–Trinajstić information content (AvgIpc) is 2.70. The molecule has 5 heteroatoms. The highest BCUT2D eigenvalue weighted by molar-refractivity contribution is 14.1. The Morgan fingerprint density at radius 1 is 0.964 bits per heavy atom. The molecular weight excluding hydrogens is 527 g/mol. The molecule has 1 heterocycles. The van der Waals surface area contributed by atoms with Gasteiger partial charge in [-0.1, -0.05) is 64.5 Å². The van der Waals surface area contributed by atoms with E-state index in [1.165, 1.54) is 0 Å². The highest BCUT2D eigenvalue weighted by Crippen LogP contribution is 2.17. The topological polar surface area (TPSA) is 34.9 Å². The van der Waals surface area contributed by atoms with Crippen molar-refractivity contribution >= 4 is 61.6 Å². The first-order valence-electron chi connectivity index (χ1n) is 8.78. The maximum absolute atomic E-state index is 13.2. The van der Waals surface area contributed by atoms with Crippen LogP contribution in [-0.2, 0) is 6.54 Å². The van der Waals surface area contributed by atoms with Crippen LogP contribution in [0.4, 0.5) is 0 Å². The normalized spacial score (nSPS) is 11.4. The number of hydrogen-bond acceptors (Lipinski definition) is 2. The maximum Gasteiger partial charge on any atom is 0.261 e. The quantitative estimate of drug-likeness (QED) is 0.297. The van der Waals surface area contributed by atoms with E-state index in [0.717, 1.165) is 19.2 Å². The molecule has 0 fully saturated rings. The molecule has 0 spiro atoms. The van der Waals surface area contributed by atoms with Gasteiger partial charge in [-0.3, -0.25) is 9.36 Å². The van der Waals surface area contributed by atoms with Gasteiger partial charge in [0.15, 0.2) is 0 Å². The Kier molecular flexibility index (Phi) is 5.73. The van der Waals surface area contributed by atoms with E-state index in [-0.39, 0.29) is 5.56 Å². The fourth-order valence-corrected chi connectivity index (χ4v) is 3.95. The first-order valence-corrected chi connectivity index (χ1v) is 10.6. The highest BCUT2D eigenvalue weighted by Gasteiger charge is 2.10. The van der Waals surface area contributed by atoms with Crippen LogP contribution in [0.5, 0.6) is 0 Å². The van der Waals surface area contributed by atoms with Crippen molar-refractivity contribution < 1.29 is 0 Å². The standard InChI is InChI=1S/C23H16BrIN2O/c24-18-8-4-7-16(13-18)9-12-22-26-21-11-10-19(25)14-20(21)23(28)27(22)15-17-5-2-1-3-6-17/h1-14H,15H2. The summed E-state index contributed by atoms with van der Waals surface area (Å²) in [6.07, 6.45) is 3.88. The zero-order valence-electron chi connectivity index (χ0n) is 14.8. The lowest BCUT2D eigenvalue weighted by atomic mass is 10.2. The van der Waals surface area contributed by atoms with Gasteiger partial charge < -0.3 is 0 Å². The second-order valence-corrected chi connectivity index (χ2v) is 8.56. The van der Waals surface area contributed by atoms with Gasteiger partial charge in [-0.15, -0.1) is 0 Å². The van der Waals surface area contributed by atoms with Gasteiger partial charge in [0, 0.05) is 8.04 Å². The van der Waals surface area contributed by atoms with Gasteiger partial charge in [0.2, 0.25) is 0 Å². The Balaban J connectivity index is 1.86. The third kappa shape index (κ3) is 4.25. The molecule has 138 valence electrons. The lowest BCUT2D eigenvalue weighted by Gasteiger charge is -2.12. The minimum Gasteiger partial charge on any atom is -0.288 e. The number of rotatable bonds is 4. The monoisotopic (exact) mass is 542 g/mol. The van der Waals surface area contributed by atoms with E-state index in [9.17, 15) is 4.79 Å². The summed E-state index contributed by atoms with van der Waals surface area (Å²) >= 11 is 5.71. The summed E-state index contributed by atoms with van der Waals surface area (Å²) < 4.78 is 3.77. The molecule has 0 unspecified atom stereocenters. The van der Waals surface area contributed by atoms with E-state index in [1.807, 2.05) is 84.9 Å². The molecule has 0 saturated carbocycles. The number of benzene rings is 3. The zero-order valence-corrected chi connectivity index (χ0v) is 18.6. The Morgan fingerprint density at radius 2 is 1.79 bits per heavy atom. The van der Waals surface area contributed by atoms with Crippen molar-refractivity contribution in [3.8, 4) is 0 Å². The van der Waals surface area contributed by atoms with Crippen molar-refractivity contribution in [1.29, 1.82) is 0 Å². The van der Waals surface area contributed by atoms with E-state index >= 15 is 0 Å². The van der Waals surface area contributed by atoms with Crippen LogP contribution in [0, 0.1) is 3.57 Å². The SMILES string of the molecule is O=c1c2cc(I)ccc2nc(C=Cc2cccc(Br)c2)n1Cc1ccccc1. The van der Waals surface area contributed by atoms with Crippen molar-refractivity contribution in [3.63, 3.8) is 0 Å². The lowest BCUT2D eigenvalue weighted by Crippen LogP contribution is -2.24. The van der Waals surface area contributed by atoms with E-state index in [2.05, 4.69) is 38.5 Å². The van der Waals surface area contributed by atoms with Gasteiger partial charge in [-0.2, -0.15) is 0 Å². The predicted molar refractivity (Wildman–Crippen MR) is 127 cm³/mol. The van der Waals surface area contributed by atoms with Gasteiger partial charge in [-0.25, -0.2) is 4.98 Å². The average molecular weight is 543 g/mol. The van der Waals surface area contributed by atoms with Gasteiger partial charge in [0.25, 0.3) is 5.56 Å². The molecule has 0 aliphatic heterocycles. The third-order valence-corrected chi connectivity index (χ3v) is 5.57. The Labute approximate surface area is 185 Å². The molecule has 0 saturated heterocycles. The highest BCUT2D eigenvalue weighted by atomic mass is 127. The summed E-state index contributed by atoms with van der Waals surface area (Å²) in [5, 5.41) is 0.641. The minimum absolute atomic E-state index is 0.0266. The third-order valence-electron chi connectivity index (χ3n) is 4.40. The van der Waals surface area contributed by atoms with Crippen LogP contribution in [0.1, 0.15) is 17.0 Å². The van der Waals surface area contributed by atoms with Crippen molar-refractivity contribution in [1.82, 2.24) is 9.55 Å². The molecular formula is C23H16BrIN2O. The van der Waals surface area contributed by atoms with Crippen LogP contribution in [-0.4, -0.2) is 9.55 Å². The van der Waals surface area contributed by atoms with Crippen LogP contribution in [0.3, 0.4) is 0 Å². The molecule has 0 amide bonds. The largest absolute Gasteiger partial charge is 0.288 e. The maximum atomic E-state index is 13.2. The fourth-order valence-electron chi connectivity index (χ4n) is 3.04. The number of aromatic nitrogens is 2. The predicted octanol–water partition coefficient (Wildman–Crippen LogP) is 5.98. The van der Waals surface area contributed by atoms with Crippen LogP contribution in [0.25, 0.3) is 23.1 Å². The Hall–Kier alpha value is -2.25. The molecule has 0 N–H and O–H groups in total. The molecule has 0 aliphatic carbocycles. The second-order valence-electron chi connectivity index (χ2n) is 6.40. The van der Waals surface area contributed by atoms with Crippen LogP contribution in [0.2, 0.25) is 0 Å². The van der Waals surface area contributed by atoms with E-state index in [4.69, 9.17) is 4.98 Å². The van der Waals surface area contributed by atoms with Crippen molar-refractivity contribution in [3.05, 3.63) is 108 Å². The summed E-state index contributed by atoms with van der Waals surface area (Å²) in [6, 6.07) is 23.8. The van der Waals surface area contributed by atoms with Gasteiger partial charge in [0.1, 0.15) is 5.82 Å². The molecule has 0 bridgehead atoms. The molecule has 1 aromatic heterocycles. The minimum atomic E-state index is -0.0266. The van der Waals surface area contributed by atoms with Crippen molar-refractivity contribution in [2.75, 3.05) is 0 Å². The summed E-state index contributed by atoms with van der Waals surface area (Å²) in [7, 11) is 0. The number of nitrogens with zero attached hydrogens (tertiary/aromatic N) is 2. The molecule has 28 heavy (non-hydrogen) atoms. The fraction of sp³-hybridized carbons (Fsp3) is 0.0435. The smallest absolute Gasteiger partial charge is 0.261 e. The summed E-state index contributed by atoms with van der Waals surface area (Å²) in [5.74, 6) is 0.641. The van der Waals surface area contributed by atoms with Crippen molar-refractivity contribution in [2.45, 2.75) is 6.54 Å². The summed E-state index contributed by atoms with van der Waals surface area (Å²) in [6.45, 7) is 0.478. The first kappa shape index (κ1) is 19.1. The van der Waals surface area contributed by atoms with Crippen LogP contribution >= 0.6 is 38.5 Å². The molecule has 3 aromatic carbocycles. The number of fused-ring (bicyclic) bond motifs is 1. The van der Waals surface area contributed by atoms with E-state index < -0.39 is 0 Å². The van der Waals surface area contributed by atoms with Crippen molar-refractivity contribution in [2.24, 2.45) is 0 Å². The van der Waals surface area contributed by atoms with Gasteiger partial charge >= 0.3 is 0 Å². The number of hydrogen-bond donors (Lipinski definition) is 0. The molecule has 4 aromatic rings. The van der Waals surface area contributed by atoms with Gasteiger partial charge in [-0.05, 0) is 70.1 Å². The van der Waals surface area contributed by atoms with Crippen LogP contribution in [0.15, 0.2) is 82.1 Å². The summed E-state index contributed by atoms with van der Waals surface area (Å²) in [4.78, 5) is 18.0. The second kappa shape index (κ2) is 8.41. The molecule has 3 nitrogen and oxygen atoms in total. The Bertz CT molecular complexity index is 1230. The van der Waals surface area contributed by atoms with E-state index in [1.54, 1.807) is 4.57 Å². The Morgan fingerprint density at radius 3 is 2.57 bits per heavy atom. The summed E-state index contributed by atoms with van der Waals surface area (Å²) in [5.41, 5.74) is 2.79.